The molecule has 0 aliphatic heterocycles. The van der Waals surface area contributed by atoms with E-state index in [0.717, 1.165) is 0 Å². The number of nitrogens with zero attached hydrogens (tertiary/aromatic N) is 1. The van der Waals surface area contributed by atoms with Crippen molar-refractivity contribution in [1.29, 1.82) is 0 Å². The lowest BCUT2D eigenvalue weighted by Crippen LogP contribution is -2.11. The number of ketones is 1. The molecule has 13 heavy (non-hydrogen) atoms. The molecule has 4 heteroatoms. The zero-order valence-electron chi connectivity index (χ0n) is 6.99. The second-order valence-corrected chi connectivity index (χ2v) is 2.95. The summed E-state index contributed by atoms with van der Waals surface area (Å²) in [5, 5.41) is 12.0. The highest BCUT2D eigenvalue weighted by atomic mass is 35.5. The van der Waals surface area contributed by atoms with Crippen molar-refractivity contribution in [2.24, 2.45) is 5.16 Å². The van der Waals surface area contributed by atoms with Crippen molar-refractivity contribution < 1.29 is 10.0 Å². The van der Waals surface area contributed by atoms with Crippen LogP contribution in [0.15, 0.2) is 29.4 Å². The Balaban J connectivity index is 3.14. The fourth-order valence-electron chi connectivity index (χ4n) is 0.967. The maximum Gasteiger partial charge on any atom is 0.182 e. The predicted molar refractivity (Wildman–Crippen MR) is 50.5 cm³/mol. The highest BCUT2D eigenvalue weighted by Crippen LogP contribution is 2.11. The first kappa shape index (κ1) is 9.74. The molecule has 68 valence electrons. The lowest BCUT2D eigenvalue weighted by Gasteiger charge is -1.99. The summed E-state index contributed by atoms with van der Waals surface area (Å²) in [4.78, 5) is 11.0. The van der Waals surface area contributed by atoms with Crippen molar-refractivity contribution in [3.63, 3.8) is 0 Å². The van der Waals surface area contributed by atoms with E-state index in [1.165, 1.54) is 6.92 Å². The number of hydrogen-bond donors (Lipinski definition) is 1. The average Bonchev–Trinajstić information content (AvgIpc) is 2.04. The van der Waals surface area contributed by atoms with E-state index < -0.39 is 0 Å². The smallest absolute Gasteiger partial charge is 0.182 e. The molecule has 0 aliphatic carbocycles. The van der Waals surface area contributed by atoms with E-state index >= 15 is 0 Å². The maximum atomic E-state index is 11.0. The van der Waals surface area contributed by atoms with Gasteiger partial charge in [-0.2, -0.15) is 0 Å². The van der Waals surface area contributed by atoms with Crippen molar-refractivity contribution in [2.75, 3.05) is 0 Å². The molecule has 0 bridgehead atoms. The monoisotopic (exact) mass is 197 g/mol. The quantitative estimate of drug-likeness (QED) is 0.449. The van der Waals surface area contributed by atoms with Gasteiger partial charge in [0.05, 0.1) is 0 Å². The molecule has 0 spiro atoms. The Morgan fingerprint density at radius 1 is 1.54 bits per heavy atom. The molecule has 1 aromatic rings. The minimum Gasteiger partial charge on any atom is -0.410 e. The summed E-state index contributed by atoms with van der Waals surface area (Å²) in [6, 6.07) is 6.59. The molecule has 0 amide bonds. The van der Waals surface area contributed by atoms with Crippen molar-refractivity contribution in [1.82, 2.24) is 0 Å². The van der Waals surface area contributed by atoms with Crippen LogP contribution >= 0.6 is 11.6 Å². The van der Waals surface area contributed by atoms with Crippen LogP contribution in [0.4, 0.5) is 0 Å². The molecule has 3 nitrogen and oxygen atoms in total. The summed E-state index contributed by atoms with van der Waals surface area (Å²) < 4.78 is 0. The van der Waals surface area contributed by atoms with Gasteiger partial charge >= 0.3 is 0 Å². The molecular formula is C9H8ClNO2. The largest absolute Gasteiger partial charge is 0.410 e. The maximum absolute atomic E-state index is 11.0. The molecule has 0 aromatic heterocycles. The number of Topliss-reactive ketones (excluding diaryl/α,β-unsaturated/α-hetero) is 1. The van der Waals surface area contributed by atoms with E-state index in [1.807, 2.05) is 0 Å². The van der Waals surface area contributed by atoms with Gasteiger partial charge in [0.15, 0.2) is 11.5 Å². The fraction of sp³-hybridized carbons (Fsp3) is 0.111. The molecule has 0 radical (unpaired) electrons. The van der Waals surface area contributed by atoms with Gasteiger partial charge in [0.25, 0.3) is 0 Å². The number of halogens is 1. The van der Waals surface area contributed by atoms with Gasteiger partial charge in [-0.15, -0.1) is 0 Å². The normalized spacial score (nSPS) is 11.4. The second-order valence-electron chi connectivity index (χ2n) is 2.52. The van der Waals surface area contributed by atoms with Crippen molar-refractivity contribution in [3.05, 3.63) is 34.9 Å². The Morgan fingerprint density at radius 3 is 2.69 bits per heavy atom. The third kappa shape index (κ3) is 2.29. The molecule has 1 N–H and O–H groups in total. The van der Waals surface area contributed by atoms with E-state index in [9.17, 15) is 4.79 Å². The molecule has 0 aliphatic rings. The number of oxime groups is 1. The molecule has 0 saturated heterocycles. The molecule has 0 fully saturated rings. The molecular weight excluding hydrogens is 190 g/mol. The van der Waals surface area contributed by atoms with Crippen LogP contribution in [-0.4, -0.2) is 16.7 Å². The summed E-state index contributed by atoms with van der Waals surface area (Å²) in [6.07, 6.45) is 0. The highest BCUT2D eigenvalue weighted by molar-refractivity contribution is 6.45. The highest BCUT2D eigenvalue weighted by Gasteiger charge is 2.09. The van der Waals surface area contributed by atoms with Gasteiger partial charge in [0.1, 0.15) is 0 Å². The van der Waals surface area contributed by atoms with Crippen LogP contribution in [-0.2, 0) is 4.79 Å². The Bertz CT molecular complexity index is 360. The van der Waals surface area contributed by atoms with Crippen LogP contribution in [0.3, 0.4) is 0 Å². The molecule has 0 unspecified atom stereocenters. The minimum atomic E-state index is -0.301. The van der Waals surface area contributed by atoms with Gasteiger partial charge in [-0.05, 0) is 12.1 Å². The Labute approximate surface area is 80.6 Å². The van der Waals surface area contributed by atoms with E-state index in [4.69, 9.17) is 16.8 Å². The van der Waals surface area contributed by atoms with Crippen LogP contribution in [0.5, 0.6) is 0 Å². The lowest BCUT2D eigenvalue weighted by molar-refractivity contribution is -0.111. The van der Waals surface area contributed by atoms with Crippen LogP contribution in [0, 0.1) is 0 Å². The molecule has 1 aromatic carbocycles. The number of carbonyl (C=O) groups excluding carboxylic acids is 1. The SMILES string of the molecule is CC(=O)/C(=N/O)c1cccc(Cl)c1. The van der Waals surface area contributed by atoms with Crippen molar-refractivity contribution >= 4 is 23.1 Å². The van der Waals surface area contributed by atoms with E-state index in [2.05, 4.69) is 5.16 Å². The summed E-state index contributed by atoms with van der Waals surface area (Å²) in [5.41, 5.74) is 0.532. The first-order chi connectivity index (χ1) is 6.15. The summed E-state index contributed by atoms with van der Waals surface area (Å²) in [6.45, 7) is 1.33. The van der Waals surface area contributed by atoms with Crippen molar-refractivity contribution in [3.8, 4) is 0 Å². The third-order valence-corrected chi connectivity index (χ3v) is 1.77. The van der Waals surface area contributed by atoms with Crippen LogP contribution in [0.25, 0.3) is 0 Å². The summed E-state index contributed by atoms with van der Waals surface area (Å²) in [7, 11) is 0. The number of benzene rings is 1. The Kier molecular flexibility index (Phi) is 3.03. The van der Waals surface area contributed by atoms with Gasteiger partial charge in [-0.3, -0.25) is 4.79 Å². The summed E-state index contributed by atoms with van der Waals surface area (Å²) in [5.74, 6) is -0.301. The van der Waals surface area contributed by atoms with Gasteiger partial charge in [-0.1, -0.05) is 28.9 Å². The third-order valence-electron chi connectivity index (χ3n) is 1.53. The van der Waals surface area contributed by atoms with Gasteiger partial charge in [-0.25, -0.2) is 0 Å². The van der Waals surface area contributed by atoms with Gasteiger partial charge < -0.3 is 5.21 Å². The number of carbonyl (C=O) groups is 1. The van der Waals surface area contributed by atoms with E-state index in [1.54, 1.807) is 24.3 Å². The van der Waals surface area contributed by atoms with E-state index in [0.29, 0.717) is 10.6 Å². The lowest BCUT2D eigenvalue weighted by atomic mass is 10.1. The first-order valence-electron chi connectivity index (χ1n) is 3.64. The molecule has 1 rings (SSSR count). The summed E-state index contributed by atoms with van der Waals surface area (Å²) >= 11 is 5.70. The molecule has 0 heterocycles. The Hall–Kier alpha value is -1.35. The number of rotatable bonds is 2. The van der Waals surface area contributed by atoms with Crippen LogP contribution in [0.2, 0.25) is 5.02 Å². The molecule has 0 saturated carbocycles. The fourth-order valence-corrected chi connectivity index (χ4v) is 1.16. The first-order valence-corrected chi connectivity index (χ1v) is 4.02. The van der Waals surface area contributed by atoms with Crippen LogP contribution < -0.4 is 0 Å². The standard InChI is InChI=1S/C9H8ClNO2/c1-6(12)9(11-13)7-3-2-4-8(10)5-7/h2-5,13H,1H3/b11-9-. The Morgan fingerprint density at radius 2 is 2.23 bits per heavy atom. The van der Waals surface area contributed by atoms with Gasteiger partial charge in [0.2, 0.25) is 0 Å². The van der Waals surface area contributed by atoms with E-state index in [-0.39, 0.29) is 11.5 Å². The zero-order valence-corrected chi connectivity index (χ0v) is 7.75. The molecule has 0 atom stereocenters. The minimum absolute atomic E-state index is 0.0162. The second kappa shape index (κ2) is 4.05. The number of hydrogen-bond acceptors (Lipinski definition) is 3. The van der Waals surface area contributed by atoms with Crippen LogP contribution in [0.1, 0.15) is 12.5 Å². The average molecular weight is 198 g/mol. The van der Waals surface area contributed by atoms with Crippen molar-refractivity contribution in [2.45, 2.75) is 6.92 Å². The zero-order chi connectivity index (χ0) is 9.84. The predicted octanol–water partition coefficient (Wildman–Crippen LogP) is 2.11. The van der Waals surface area contributed by atoms with Gasteiger partial charge in [0, 0.05) is 17.5 Å². The topological polar surface area (TPSA) is 49.7 Å².